The van der Waals surface area contributed by atoms with Crippen molar-refractivity contribution in [2.45, 2.75) is 19.3 Å². The van der Waals surface area contributed by atoms with Crippen molar-refractivity contribution in [3.63, 3.8) is 0 Å². The fourth-order valence-electron chi connectivity index (χ4n) is 3.83. The average molecular weight is 434 g/mol. The quantitative estimate of drug-likeness (QED) is 0.517. The monoisotopic (exact) mass is 433 g/mol. The molecule has 3 N–H and O–H groups in total. The summed E-state index contributed by atoms with van der Waals surface area (Å²) in [4.78, 5) is 31.9. The van der Waals surface area contributed by atoms with Crippen molar-refractivity contribution < 1.29 is 14.3 Å². The Bertz CT molecular complexity index is 1110. The normalized spacial score (nSPS) is 14.0. The number of benzene rings is 2. The Morgan fingerprint density at radius 1 is 1.00 bits per heavy atom. The maximum absolute atomic E-state index is 12.9. The van der Waals surface area contributed by atoms with Crippen LogP contribution >= 0.6 is 0 Å². The molecule has 32 heavy (non-hydrogen) atoms. The Kier molecular flexibility index (Phi) is 6.81. The number of ether oxygens (including phenoxy) is 1. The first-order valence-electron chi connectivity index (χ1n) is 10.7. The first-order chi connectivity index (χ1) is 15.6. The number of carbonyl (C=O) groups excluding carboxylic acids is 2. The predicted molar refractivity (Wildman–Crippen MR) is 124 cm³/mol. The molecule has 0 spiro atoms. The third-order valence-corrected chi connectivity index (χ3v) is 5.43. The van der Waals surface area contributed by atoms with Gasteiger partial charge in [0.05, 0.1) is 24.7 Å². The molecule has 8 nitrogen and oxygen atoms in total. The summed E-state index contributed by atoms with van der Waals surface area (Å²) < 4.78 is 5.27. The van der Waals surface area contributed by atoms with Gasteiger partial charge in [-0.25, -0.2) is 4.98 Å². The highest BCUT2D eigenvalue weighted by atomic mass is 16.5. The van der Waals surface area contributed by atoms with Crippen LogP contribution in [0.25, 0.3) is 10.9 Å². The summed E-state index contributed by atoms with van der Waals surface area (Å²) in [6.45, 7) is 2.10. The lowest BCUT2D eigenvalue weighted by atomic mass is 10.1. The molecule has 3 aromatic rings. The number of amides is 2. The van der Waals surface area contributed by atoms with E-state index in [1.165, 1.54) is 6.42 Å². The minimum Gasteiger partial charge on any atom is -0.497 e. The van der Waals surface area contributed by atoms with Gasteiger partial charge in [0, 0.05) is 17.1 Å². The number of nitrogens with zero attached hydrogens (tertiary/aromatic N) is 2. The third kappa shape index (κ3) is 5.33. The van der Waals surface area contributed by atoms with E-state index >= 15 is 0 Å². The van der Waals surface area contributed by atoms with Gasteiger partial charge in [0.15, 0.2) is 0 Å². The highest BCUT2D eigenvalue weighted by Gasteiger charge is 2.16. The fourth-order valence-corrected chi connectivity index (χ4v) is 3.83. The van der Waals surface area contributed by atoms with Crippen LogP contribution in [0.3, 0.4) is 0 Å². The molecule has 1 fully saturated rings. The van der Waals surface area contributed by atoms with Crippen molar-refractivity contribution in [1.29, 1.82) is 0 Å². The molecule has 1 saturated heterocycles. The summed E-state index contributed by atoms with van der Waals surface area (Å²) in [6, 6.07) is 16.5. The van der Waals surface area contributed by atoms with Crippen molar-refractivity contribution >= 4 is 34.2 Å². The number of fused-ring (bicyclic) bond motifs is 1. The summed E-state index contributed by atoms with van der Waals surface area (Å²) >= 11 is 0. The van der Waals surface area contributed by atoms with Crippen LogP contribution in [-0.2, 0) is 4.79 Å². The topological polar surface area (TPSA) is 95.6 Å². The van der Waals surface area contributed by atoms with Crippen molar-refractivity contribution in [3.05, 3.63) is 60.2 Å². The van der Waals surface area contributed by atoms with E-state index in [1.807, 2.05) is 48.5 Å². The van der Waals surface area contributed by atoms with E-state index in [-0.39, 0.29) is 12.5 Å². The van der Waals surface area contributed by atoms with Crippen LogP contribution in [0.15, 0.2) is 54.6 Å². The van der Waals surface area contributed by atoms with E-state index < -0.39 is 5.91 Å². The van der Waals surface area contributed by atoms with Gasteiger partial charge < -0.3 is 10.1 Å². The van der Waals surface area contributed by atoms with Crippen molar-refractivity contribution in [2.75, 3.05) is 32.1 Å². The van der Waals surface area contributed by atoms with E-state index in [2.05, 4.69) is 26.1 Å². The number of methoxy groups -OCH3 is 1. The molecule has 0 bridgehead atoms. The number of hydrazine groups is 1. The van der Waals surface area contributed by atoms with E-state index in [4.69, 9.17) is 4.74 Å². The Labute approximate surface area is 186 Å². The summed E-state index contributed by atoms with van der Waals surface area (Å²) in [6.07, 6.45) is 3.41. The Balaban J connectivity index is 1.50. The first-order valence-corrected chi connectivity index (χ1v) is 10.7. The van der Waals surface area contributed by atoms with E-state index in [9.17, 15) is 9.59 Å². The third-order valence-electron chi connectivity index (χ3n) is 5.43. The number of rotatable bonds is 6. The Morgan fingerprint density at radius 3 is 2.62 bits per heavy atom. The zero-order valence-corrected chi connectivity index (χ0v) is 18.1. The average Bonchev–Trinajstić information content (AvgIpc) is 2.83. The minimum absolute atomic E-state index is 0.228. The van der Waals surface area contributed by atoms with Gasteiger partial charge in [-0.15, -0.1) is 0 Å². The molecule has 4 rings (SSSR count). The molecule has 0 radical (unpaired) electrons. The van der Waals surface area contributed by atoms with Gasteiger partial charge in [0.2, 0.25) is 0 Å². The number of hydrogen-bond acceptors (Lipinski definition) is 6. The highest BCUT2D eigenvalue weighted by Crippen LogP contribution is 2.25. The molecule has 166 valence electrons. The number of aromatic nitrogens is 1. The molecule has 1 aliphatic rings. The van der Waals surface area contributed by atoms with Crippen LogP contribution in [0, 0.1) is 0 Å². The SMILES string of the molecule is COc1cccc(Nc2cc(C(=O)NNC(=O)CN3CCCCC3)c3ccccc3n2)c1. The number of piperidine rings is 1. The van der Waals surface area contributed by atoms with Gasteiger partial charge in [-0.1, -0.05) is 30.7 Å². The molecule has 2 amide bonds. The number of pyridine rings is 1. The van der Waals surface area contributed by atoms with Crippen molar-refractivity contribution in [1.82, 2.24) is 20.7 Å². The molecule has 2 aromatic carbocycles. The molecular formula is C24H27N5O3. The summed E-state index contributed by atoms with van der Waals surface area (Å²) in [5, 5.41) is 3.92. The minimum atomic E-state index is -0.399. The highest BCUT2D eigenvalue weighted by molar-refractivity contribution is 6.07. The van der Waals surface area contributed by atoms with Crippen LogP contribution < -0.4 is 20.9 Å². The van der Waals surface area contributed by atoms with Crippen molar-refractivity contribution in [3.8, 4) is 5.75 Å². The number of carbonyl (C=O) groups is 2. The van der Waals surface area contributed by atoms with Crippen LogP contribution in [0.4, 0.5) is 11.5 Å². The Morgan fingerprint density at radius 2 is 1.81 bits per heavy atom. The van der Waals surface area contributed by atoms with Gasteiger partial charge in [-0.3, -0.25) is 25.3 Å². The zero-order valence-electron chi connectivity index (χ0n) is 18.1. The molecule has 0 unspecified atom stereocenters. The first kappa shape index (κ1) is 21.6. The lowest BCUT2D eigenvalue weighted by Gasteiger charge is -2.25. The van der Waals surface area contributed by atoms with Crippen LogP contribution in [-0.4, -0.2) is 48.4 Å². The molecule has 2 heterocycles. The Hall–Kier alpha value is -3.65. The number of hydrogen-bond donors (Lipinski definition) is 3. The lowest BCUT2D eigenvalue weighted by molar-refractivity contribution is -0.123. The van der Waals surface area contributed by atoms with Crippen molar-refractivity contribution in [2.24, 2.45) is 0 Å². The van der Waals surface area contributed by atoms with E-state index in [1.54, 1.807) is 13.2 Å². The second-order valence-electron chi connectivity index (χ2n) is 7.77. The molecule has 0 saturated carbocycles. The van der Waals surface area contributed by atoms with E-state index in [0.29, 0.717) is 28.0 Å². The summed E-state index contributed by atoms with van der Waals surface area (Å²) in [7, 11) is 1.61. The number of nitrogens with one attached hydrogen (secondary N) is 3. The van der Waals surface area contributed by atoms with E-state index in [0.717, 1.165) is 31.6 Å². The predicted octanol–water partition coefficient (Wildman–Crippen LogP) is 3.23. The summed E-state index contributed by atoms with van der Waals surface area (Å²) in [5.41, 5.74) is 6.96. The molecule has 1 aliphatic heterocycles. The smallest absolute Gasteiger partial charge is 0.270 e. The second kappa shape index (κ2) is 10.1. The molecule has 0 atom stereocenters. The second-order valence-corrected chi connectivity index (χ2v) is 7.77. The molecular weight excluding hydrogens is 406 g/mol. The lowest BCUT2D eigenvalue weighted by Crippen LogP contribution is -2.47. The number of likely N-dealkylation sites (tertiary alicyclic amines) is 1. The standard InChI is InChI=1S/C24H27N5O3/c1-32-18-9-7-8-17(14-18)25-22-15-20(19-10-3-4-11-21(19)26-22)24(31)28-27-23(30)16-29-12-5-2-6-13-29/h3-4,7-11,14-15H,2,5-6,12-13,16H2,1H3,(H,25,26)(H,27,30)(H,28,31). The summed E-state index contributed by atoms with van der Waals surface area (Å²) in [5.74, 6) is 0.601. The fraction of sp³-hybridized carbons (Fsp3) is 0.292. The zero-order chi connectivity index (χ0) is 22.3. The molecule has 1 aromatic heterocycles. The van der Waals surface area contributed by atoms with Gasteiger partial charge >= 0.3 is 0 Å². The number of anilines is 2. The van der Waals surface area contributed by atoms with Gasteiger partial charge in [-0.2, -0.15) is 0 Å². The van der Waals surface area contributed by atoms with Gasteiger partial charge in [0.1, 0.15) is 11.6 Å². The van der Waals surface area contributed by atoms with Crippen LogP contribution in [0.1, 0.15) is 29.6 Å². The van der Waals surface area contributed by atoms with Crippen LogP contribution in [0.2, 0.25) is 0 Å². The van der Waals surface area contributed by atoms with Gasteiger partial charge in [-0.05, 0) is 50.2 Å². The molecule has 8 heteroatoms. The maximum Gasteiger partial charge on any atom is 0.270 e. The van der Waals surface area contributed by atoms with Crippen LogP contribution in [0.5, 0.6) is 5.75 Å². The largest absolute Gasteiger partial charge is 0.497 e. The van der Waals surface area contributed by atoms with Gasteiger partial charge in [0.25, 0.3) is 11.8 Å². The molecule has 0 aliphatic carbocycles. The number of para-hydroxylation sites is 1. The maximum atomic E-state index is 12.9.